The van der Waals surface area contributed by atoms with Crippen molar-refractivity contribution in [3.8, 4) is 0 Å². The molecular weight excluding hydrogens is 356 g/mol. The van der Waals surface area contributed by atoms with Crippen LogP contribution < -0.4 is 0 Å². The number of nitrogens with zero attached hydrogens (tertiary/aromatic N) is 2. The van der Waals surface area contributed by atoms with E-state index in [4.69, 9.17) is 0 Å². The zero-order valence-electron chi connectivity index (χ0n) is 16.6. The van der Waals surface area contributed by atoms with E-state index in [2.05, 4.69) is 0 Å². The molecule has 2 amide bonds. The number of aliphatic carboxylic acids is 1. The fraction of sp³-hybridized carbons (Fsp3) is 0.591. The van der Waals surface area contributed by atoms with Gasteiger partial charge in [-0.05, 0) is 38.8 Å². The number of carboxylic acid groups (broad SMARTS) is 1. The van der Waals surface area contributed by atoms with E-state index in [0.717, 1.165) is 36.8 Å². The van der Waals surface area contributed by atoms with Crippen LogP contribution in [0.3, 0.4) is 0 Å². The molecular formula is C22H28N2O4. The smallest absolute Gasteiger partial charge is 0.313 e. The number of rotatable bonds is 3. The first-order chi connectivity index (χ1) is 13.3. The highest BCUT2D eigenvalue weighted by molar-refractivity contribution is 5.95. The van der Waals surface area contributed by atoms with Crippen molar-refractivity contribution in [2.45, 2.75) is 39.5 Å². The van der Waals surface area contributed by atoms with Gasteiger partial charge in [0.1, 0.15) is 5.41 Å². The first kappa shape index (κ1) is 19.0. The van der Waals surface area contributed by atoms with Crippen molar-refractivity contribution < 1.29 is 19.5 Å². The summed E-state index contributed by atoms with van der Waals surface area (Å²) < 4.78 is 0. The number of hydrogen-bond acceptors (Lipinski definition) is 3. The Morgan fingerprint density at radius 3 is 2.11 bits per heavy atom. The molecule has 2 heterocycles. The van der Waals surface area contributed by atoms with Gasteiger partial charge in [0, 0.05) is 43.6 Å². The van der Waals surface area contributed by atoms with Crippen LogP contribution in [-0.2, 0) is 9.59 Å². The lowest BCUT2D eigenvalue weighted by atomic mass is 9.81. The average Bonchev–Trinajstić information content (AvgIpc) is 3.34. The van der Waals surface area contributed by atoms with E-state index in [1.807, 2.05) is 32.0 Å². The molecule has 6 nitrogen and oxygen atoms in total. The van der Waals surface area contributed by atoms with Crippen LogP contribution >= 0.6 is 0 Å². The van der Waals surface area contributed by atoms with E-state index in [1.165, 1.54) is 0 Å². The summed E-state index contributed by atoms with van der Waals surface area (Å²) in [5.74, 6) is -1.05. The van der Waals surface area contributed by atoms with Gasteiger partial charge in [0.05, 0.1) is 0 Å². The molecule has 6 heteroatoms. The van der Waals surface area contributed by atoms with Gasteiger partial charge in [-0.3, -0.25) is 14.4 Å². The van der Waals surface area contributed by atoms with Crippen molar-refractivity contribution in [3.63, 3.8) is 0 Å². The molecule has 1 aliphatic carbocycles. The van der Waals surface area contributed by atoms with Crippen LogP contribution in [0.5, 0.6) is 0 Å². The summed E-state index contributed by atoms with van der Waals surface area (Å²) >= 11 is 0. The Morgan fingerprint density at radius 2 is 1.54 bits per heavy atom. The molecule has 2 aliphatic heterocycles. The second-order valence-corrected chi connectivity index (χ2v) is 8.92. The fourth-order valence-electron chi connectivity index (χ4n) is 5.40. The minimum Gasteiger partial charge on any atom is -0.481 e. The van der Waals surface area contributed by atoms with Gasteiger partial charge in [-0.25, -0.2) is 0 Å². The molecule has 2 saturated heterocycles. The van der Waals surface area contributed by atoms with Gasteiger partial charge >= 0.3 is 5.97 Å². The third-order valence-electron chi connectivity index (χ3n) is 6.81. The summed E-state index contributed by atoms with van der Waals surface area (Å²) in [7, 11) is 0. The molecule has 1 aromatic rings. The summed E-state index contributed by atoms with van der Waals surface area (Å²) in [5, 5.41) is 10.0. The highest BCUT2D eigenvalue weighted by atomic mass is 16.4. The van der Waals surface area contributed by atoms with Crippen LogP contribution in [0, 0.1) is 31.1 Å². The number of likely N-dealkylation sites (tertiary alicyclic amines) is 2. The zero-order chi connectivity index (χ0) is 20.1. The predicted octanol–water partition coefficient (Wildman–Crippen LogP) is 2.48. The Bertz CT molecular complexity index is 810. The second-order valence-electron chi connectivity index (χ2n) is 8.92. The van der Waals surface area contributed by atoms with Crippen molar-refractivity contribution in [2.24, 2.45) is 17.3 Å². The quantitative estimate of drug-likeness (QED) is 0.868. The summed E-state index contributed by atoms with van der Waals surface area (Å²) in [4.78, 5) is 41.5. The van der Waals surface area contributed by atoms with E-state index >= 15 is 0 Å². The Balaban J connectivity index is 1.52. The largest absolute Gasteiger partial charge is 0.481 e. The van der Waals surface area contributed by atoms with Crippen LogP contribution in [0.1, 0.15) is 47.2 Å². The van der Waals surface area contributed by atoms with Crippen molar-refractivity contribution >= 4 is 17.8 Å². The van der Waals surface area contributed by atoms with E-state index in [1.54, 1.807) is 9.80 Å². The first-order valence-corrected chi connectivity index (χ1v) is 10.2. The molecule has 3 fully saturated rings. The molecule has 0 radical (unpaired) electrons. The minimum absolute atomic E-state index is 0.0534. The molecule has 150 valence electrons. The minimum atomic E-state index is -1.04. The van der Waals surface area contributed by atoms with E-state index < -0.39 is 11.4 Å². The molecule has 28 heavy (non-hydrogen) atoms. The molecule has 4 rings (SSSR count). The van der Waals surface area contributed by atoms with Crippen LogP contribution in [0.15, 0.2) is 18.2 Å². The lowest BCUT2D eigenvalue weighted by molar-refractivity contribution is -0.149. The molecule has 2 atom stereocenters. The number of carbonyl (C=O) groups is 3. The third-order valence-corrected chi connectivity index (χ3v) is 6.81. The molecule has 1 saturated carbocycles. The lowest BCUT2D eigenvalue weighted by Crippen LogP contribution is -2.44. The monoisotopic (exact) mass is 384 g/mol. The normalized spacial score (nSPS) is 27.3. The van der Waals surface area contributed by atoms with E-state index in [9.17, 15) is 19.5 Å². The van der Waals surface area contributed by atoms with E-state index in [0.29, 0.717) is 18.7 Å². The Hall–Kier alpha value is -2.37. The van der Waals surface area contributed by atoms with Crippen LogP contribution in [-0.4, -0.2) is 58.9 Å². The number of fused-ring (bicyclic) bond motifs is 1. The Morgan fingerprint density at radius 1 is 0.964 bits per heavy atom. The van der Waals surface area contributed by atoms with Crippen LogP contribution in [0.2, 0.25) is 0 Å². The van der Waals surface area contributed by atoms with E-state index in [-0.39, 0.29) is 36.7 Å². The number of carbonyl (C=O) groups excluding carboxylic acids is 2. The van der Waals surface area contributed by atoms with Gasteiger partial charge in [-0.15, -0.1) is 0 Å². The SMILES string of the molecule is Cc1cc(C)cc(C(=O)N2C[C@H]3CN(C(=O)C4CCCC4)C[C@@]3(C(=O)O)C2)c1. The maximum atomic E-state index is 13.0. The number of amides is 2. The molecule has 0 aromatic heterocycles. The van der Waals surface area contributed by atoms with Gasteiger partial charge in [-0.1, -0.05) is 30.0 Å². The maximum absolute atomic E-state index is 13.0. The highest BCUT2D eigenvalue weighted by Crippen LogP contribution is 2.44. The number of hydrogen-bond donors (Lipinski definition) is 1. The van der Waals surface area contributed by atoms with Gasteiger partial charge in [0.25, 0.3) is 5.91 Å². The second kappa shape index (κ2) is 6.90. The highest BCUT2D eigenvalue weighted by Gasteiger charge is 2.59. The Kier molecular flexibility index (Phi) is 4.68. The first-order valence-electron chi connectivity index (χ1n) is 10.2. The summed E-state index contributed by atoms with van der Waals surface area (Å²) in [6.45, 7) is 5.14. The molecule has 1 N–H and O–H groups in total. The summed E-state index contributed by atoms with van der Waals surface area (Å²) in [6.07, 6.45) is 3.99. The van der Waals surface area contributed by atoms with Crippen molar-refractivity contribution in [3.05, 3.63) is 34.9 Å². The lowest BCUT2D eigenvalue weighted by Gasteiger charge is -2.27. The fourth-order valence-corrected chi connectivity index (χ4v) is 5.40. The number of aryl methyl sites for hydroxylation is 2. The van der Waals surface area contributed by atoms with Crippen LogP contribution in [0.4, 0.5) is 0 Å². The van der Waals surface area contributed by atoms with Gasteiger partial charge in [0.15, 0.2) is 0 Å². The maximum Gasteiger partial charge on any atom is 0.313 e. The molecule has 0 bridgehead atoms. The molecule has 0 unspecified atom stereocenters. The van der Waals surface area contributed by atoms with Crippen LogP contribution in [0.25, 0.3) is 0 Å². The van der Waals surface area contributed by atoms with Gasteiger partial charge in [0.2, 0.25) is 5.91 Å². The number of benzene rings is 1. The average molecular weight is 384 g/mol. The summed E-state index contributed by atoms with van der Waals surface area (Å²) in [6, 6.07) is 5.72. The predicted molar refractivity (Wildman–Crippen MR) is 104 cm³/mol. The molecule has 3 aliphatic rings. The third kappa shape index (κ3) is 3.09. The standard InChI is InChI=1S/C22H28N2O4/c1-14-7-15(2)9-17(8-14)20(26)24-11-18-10-23(12-22(18,13-24)21(27)28)19(25)16-5-3-4-6-16/h7-9,16,18H,3-6,10-13H2,1-2H3,(H,27,28)/t18-,22-/m1/s1. The van der Waals surface area contributed by atoms with Gasteiger partial charge in [-0.2, -0.15) is 0 Å². The van der Waals surface area contributed by atoms with Crippen molar-refractivity contribution in [1.29, 1.82) is 0 Å². The molecule has 1 aromatic carbocycles. The Labute approximate surface area is 165 Å². The zero-order valence-corrected chi connectivity index (χ0v) is 16.6. The van der Waals surface area contributed by atoms with Crippen molar-refractivity contribution in [2.75, 3.05) is 26.2 Å². The molecule has 0 spiro atoms. The summed E-state index contributed by atoms with van der Waals surface area (Å²) in [5.41, 5.74) is 1.60. The number of carboxylic acids is 1. The van der Waals surface area contributed by atoms with Gasteiger partial charge < -0.3 is 14.9 Å². The topological polar surface area (TPSA) is 77.9 Å². The van der Waals surface area contributed by atoms with Crippen molar-refractivity contribution in [1.82, 2.24) is 9.80 Å².